The summed E-state index contributed by atoms with van der Waals surface area (Å²) in [7, 11) is 0. The van der Waals surface area contributed by atoms with Crippen LogP contribution >= 0.6 is 0 Å². The molecule has 0 aliphatic carbocycles. The van der Waals surface area contributed by atoms with Crippen LogP contribution < -0.4 is 5.56 Å². The topological polar surface area (TPSA) is 73.9 Å². The zero-order valence-corrected chi connectivity index (χ0v) is 6.56. The van der Waals surface area contributed by atoms with E-state index in [1.807, 2.05) is 0 Å². The Morgan fingerprint density at radius 1 is 1.46 bits per heavy atom. The van der Waals surface area contributed by atoms with Crippen LogP contribution in [0.1, 0.15) is 0 Å². The van der Waals surface area contributed by atoms with Gasteiger partial charge >= 0.3 is 5.69 Å². The fraction of sp³-hybridized carbons (Fsp3) is 0. The number of aromatic nitrogens is 2. The average molecular weight is 173 g/mol. The Kier molecular flexibility index (Phi) is 1.53. The van der Waals surface area contributed by atoms with Gasteiger partial charge in [0.1, 0.15) is 0 Å². The molecule has 0 fully saturated rings. The van der Waals surface area contributed by atoms with E-state index < -0.39 is 0 Å². The molecule has 1 N–H and O–H groups in total. The van der Waals surface area contributed by atoms with E-state index in [4.69, 9.17) is 5.39 Å². The highest BCUT2D eigenvalue weighted by Gasteiger charge is 2.07. The third-order valence-corrected chi connectivity index (χ3v) is 1.74. The molecule has 0 saturated heterocycles. The van der Waals surface area contributed by atoms with Gasteiger partial charge in [-0.05, 0) is 6.07 Å². The molecule has 0 spiro atoms. The fourth-order valence-electron chi connectivity index (χ4n) is 1.12. The summed E-state index contributed by atoms with van der Waals surface area (Å²) in [5, 5.41) is 8.89. The Morgan fingerprint density at radius 3 is 3.08 bits per heavy atom. The largest absolute Gasteiger partial charge is 0.386 e. The molecule has 0 radical (unpaired) electrons. The van der Waals surface area contributed by atoms with Gasteiger partial charge in [-0.3, -0.25) is 4.79 Å². The molecule has 2 aromatic rings. The van der Waals surface area contributed by atoms with E-state index in [1.165, 1.54) is 12.4 Å². The zero-order valence-electron chi connectivity index (χ0n) is 6.56. The molecule has 1 aromatic heterocycles. The normalized spacial score (nSPS) is 9.77. The zero-order chi connectivity index (χ0) is 9.26. The van der Waals surface area contributed by atoms with Gasteiger partial charge in [-0.1, -0.05) is 0 Å². The van der Waals surface area contributed by atoms with Crippen LogP contribution in [-0.2, 0) is 0 Å². The molecule has 1 aromatic carbocycles. The summed E-state index contributed by atoms with van der Waals surface area (Å²) in [4.78, 5) is 20.6. The van der Waals surface area contributed by atoms with E-state index in [9.17, 15) is 4.79 Å². The molecular weight excluding hydrogens is 168 g/mol. The minimum atomic E-state index is -0.240. The molecule has 0 aliphatic heterocycles. The van der Waals surface area contributed by atoms with E-state index in [-0.39, 0.29) is 5.56 Å². The predicted octanol–water partition coefficient (Wildman–Crippen LogP) is 1.41. The number of nitrogens with one attached hydrogen (secondary N) is 1. The van der Waals surface area contributed by atoms with Gasteiger partial charge in [-0.2, -0.15) is 0 Å². The smallest absolute Gasteiger partial charge is 0.313 e. The first-order valence-corrected chi connectivity index (χ1v) is 3.64. The maximum atomic E-state index is 11.2. The van der Waals surface area contributed by atoms with Crippen LogP contribution in [0.2, 0.25) is 0 Å². The van der Waals surface area contributed by atoms with Gasteiger partial charge in [-0.15, -0.1) is 0 Å². The molecule has 13 heavy (non-hydrogen) atoms. The van der Waals surface area contributed by atoms with Crippen molar-refractivity contribution in [1.82, 2.24) is 9.97 Å². The molecule has 2 rings (SSSR count). The highest BCUT2D eigenvalue weighted by molar-refractivity contribution is 5.81. The van der Waals surface area contributed by atoms with Gasteiger partial charge in [0, 0.05) is 12.1 Å². The number of rotatable bonds is 0. The molecule has 0 amide bonds. The molecule has 0 atom stereocenters. The Balaban J connectivity index is 2.92. The van der Waals surface area contributed by atoms with Crippen molar-refractivity contribution in [2.75, 3.05) is 0 Å². The highest BCUT2D eigenvalue weighted by Crippen LogP contribution is 2.15. The van der Waals surface area contributed by atoms with Crippen LogP contribution in [0.4, 0.5) is 5.69 Å². The maximum Gasteiger partial charge on any atom is 0.386 e. The van der Waals surface area contributed by atoms with Gasteiger partial charge in [0.2, 0.25) is 5.39 Å². The van der Waals surface area contributed by atoms with Crippen LogP contribution in [0.5, 0.6) is 0 Å². The van der Waals surface area contributed by atoms with E-state index in [1.54, 1.807) is 12.1 Å². The van der Waals surface area contributed by atoms with Gasteiger partial charge in [0.05, 0.1) is 17.2 Å². The Labute approximate surface area is 72.7 Å². The maximum absolute atomic E-state index is 11.2. The van der Waals surface area contributed by atoms with Gasteiger partial charge < -0.3 is 4.98 Å². The van der Waals surface area contributed by atoms with Crippen molar-refractivity contribution in [1.29, 1.82) is 5.39 Å². The first-order valence-electron chi connectivity index (χ1n) is 3.64. The minimum Gasteiger partial charge on any atom is -0.313 e. The Hall–Kier alpha value is -2.22. The standard InChI is InChI=1S/C8H4N4O/c9-12-5-1-2-7-6(3-5)8(13)11-4-10-7/h1-4H/p+1. The monoisotopic (exact) mass is 173 g/mol. The molecule has 0 bridgehead atoms. The van der Waals surface area contributed by atoms with Gasteiger partial charge in [0.15, 0.2) is 4.98 Å². The first-order chi connectivity index (χ1) is 6.31. The second kappa shape index (κ2) is 2.68. The van der Waals surface area contributed by atoms with Crippen molar-refractivity contribution in [2.45, 2.75) is 0 Å². The number of hydrogen-bond acceptors (Lipinski definition) is 3. The molecule has 0 aliphatic rings. The third-order valence-electron chi connectivity index (χ3n) is 1.74. The first kappa shape index (κ1) is 7.43. The van der Waals surface area contributed by atoms with Crippen molar-refractivity contribution >= 4 is 16.6 Å². The van der Waals surface area contributed by atoms with E-state index in [0.717, 1.165) is 0 Å². The second-order valence-electron chi connectivity index (χ2n) is 2.53. The van der Waals surface area contributed by atoms with E-state index in [0.29, 0.717) is 16.6 Å². The lowest BCUT2D eigenvalue weighted by Gasteiger charge is -1.90. The highest BCUT2D eigenvalue weighted by atomic mass is 16.1. The quantitative estimate of drug-likeness (QED) is 0.612. The lowest BCUT2D eigenvalue weighted by Crippen LogP contribution is -2.05. The lowest BCUT2D eigenvalue weighted by atomic mass is 10.2. The molecule has 5 heteroatoms. The number of fused-ring (bicyclic) bond motifs is 1. The van der Waals surface area contributed by atoms with Crippen LogP contribution in [0, 0.1) is 5.39 Å². The van der Waals surface area contributed by atoms with Gasteiger partial charge in [0.25, 0.3) is 5.56 Å². The number of aromatic amines is 1. The summed E-state index contributed by atoms with van der Waals surface area (Å²) in [6.45, 7) is 0. The summed E-state index contributed by atoms with van der Waals surface area (Å²) in [5.41, 5.74) is 0.678. The third kappa shape index (κ3) is 1.14. The summed E-state index contributed by atoms with van der Waals surface area (Å²) in [6, 6.07) is 4.68. The molecule has 1 heterocycles. The minimum absolute atomic E-state index is 0.240. The summed E-state index contributed by atoms with van der Waals surface area (Å²) in [6.07, 6.45) is 1.33. The van der Waals surface area contributed by atoms with Crippen LogP contribution in [0.3, 0.4) is 0 Å². The summed E-state index contributed by atoms with van der Waals surface area (Å²) < 4.78 is 0. The summed E-state index contributed by atoms with van der Waals surface area (Å²) in [5.74, 6) is 0. The summed E-state index contributed by atoms with van der Waals surface area (Å²) >= 11 is 0. The molecule has 5 nitrogen and oxygen atoms in total. The van der Waals surface area contributed by atoms with E-state index >= 15 is 0 Å². The number of H-pyrrole nitrogens is 1. The molecule has 62 valence electrons. The van der Waals surface area contributed by atoms with Crippen LogP contribution in [0.25, 0.3) is 15.9 Å². The molecule has 0 unspecified atom stereocenters. The number of nitrogens with zero attached hydrogens (tertiary/aromatic N) is 3. The lowest BCUT2D eigenvalue weighted by molar-refractivity contribution is 1.17. The second-order valence-corrected chi connectivity index (χ2v) is 2.53. The Morgan fingerprint density at radius 2 is 2.31 bits per heavy atom. The van der Waals surface area contributed by atoms with Crippen molar-refractivity contribution < 1.29 is 0 Å². The number of hydrogen-bond donors (Lipinski definition) is 1. The van der Waals surface area contributed by atoms with E-state index in [2.05, 4.69) is 14.9 Å². The molecular formula is C8H5N4O+. The van der Waals surface area contributed by atoms with Crippen molar-refractivity contribution in [3.8, 4) is 0 Å². The average Bonchev–Trinajstić information content (AvgIpc) is 2.18. The van der Waals surface area contributed by atoms with Crippen molar-refractivity contribution in [3.63, 3.8) is 0 Å². The Bertz CT molecular complexity index is 552. The fourth-order valence-corrected chi connectivity index (χ4v) is 1.12. The van der Waals surface area contributed by atoms with Gasteiger partial charge in [-0.25, -0.2) is 4.98 Å². The SMILES string of the molecule is N#[N+]c1ccc2nc[nH]c(=O)c2c1. The predicted molar refractivity (Wildman–Crippen MR) is 47.1 cm³/mol. The van der Waals surface area contributed by atoms with Crippen molar-refractivity contribution in [3.05, 3.63) is 39.9 Å². The number of benzene rings is 1. The number of diazo groups is 1. The molecule has 0 saturated carbocycles. The van der Waals surface area contributed by atoms with Crippen LogP contribution in [-0.4, -0.2) is 9.97 Å². The van der Waals surface area contributed by atoms with Crippen molar-refractivity contribution in [2.24, 2.45) is 0 Å². The van der Waals surface area contributed by atoms with Crippen LogP contribution in [0.15, 0.2) is 29.3 Å².